The van der Waals surface area contributed by atoms with Crippen LogP contribution in [0.15, 0.2) is 12.7 Å². The third-order valence-electron chi connectivity index (χ3n) is 1.67. The van der Waals surface area contributed by atoms with Crippen molar-refractivity contribution in [1.82, 2.24) is 0 Å². The molecule has 0 aromatic rings. The van der Waals surface area contributed by atoms with Crippen molar-refractivity contribution in [2.45, 2.75) is 39.2 Å². The van der Waals surface area contributed by atoms with E-state index in [-0.39, 0.29) is 0 Å². The maximum atomic E-state index is 9.45. The first-order valence-electron chi connectivity index (χ1n) is 3.84. The molecule has 0 saturated carbocycles. The molecule has 0 amide bonds. The summed E-state index contributed by atoms with van der Waals surface area (Å²) in [5, 5.41) is 9.45. The van der Waals surface area contributed by atoms with Gasteiger partial charge in [-0.1, -0.05) is 19.9 Å². The van der Waals surface area contributed by atoms with E-state index in [0.29, 0.717) is 5.92 Å². The Bertz CT molecular complexity index is 103. The number of aliphatic hydroxyl groups is 1. The zero-order valence-electron chi connectivity index (χ0n) is 7.22. The Morgan fingerprint density at radius 3 is 2.40 bits per heavy atom. The number of hydrogen-bond acceptors (Lipinski definition) is 1. The van der Waals surface area contributed by atoms with E-state index >= 15 is 0 Å². The lowest BCUT2D eigenvalue weighted by atomic mass is 9.96. The van der Waals surface area contributed by atoms with Crippen molar-refractivity contribution < 1.29 is 5.11 Å². The molecule has 0 radical (unpaired) electrons. The second kappa shape index (κ2) is 3.77. The van der Waals surface area contributed by atoms with Gasteiger partial charge in [0.2, 0.25) is 0 Å². The van der Waals surface area contributed by atoms with Crippen molar-refractivity contribution in [3.8, 4) is 0 Å². The zero-order chi connectivity index (χ0) is 8.20. The summed E-state index contributed by atoms with van der Waals surface area (Å²) in [5.74, 6) is 0.659. The monoisotopic (exact) mass is 142 g/mol. The zero-order valence-corrected chi connectivity index (χ0v) is 7.22. The van der Waals surface area contributed by atoms with Gasteiger partial charge in [-0.15, -0.1) is 6.58 Å². The van der Waals surface area contributed by atoms with Crippen LogP contribution in [-0.4, -0.2) is 10.7 Å². The Morgan fingerprint density at radius 1 is 1.60 bits per heavy atom. The highest BCUT2D eigenvalue weighted by molar-refractivity contribution is 4.91. The van der Waals surface area contributed by atoms with Crippen molar-refractivity contribution in [2.75, 3.05) is 0 Å². The molecule has 0 fully saturated rings. The largest absolute Gasteiger partial charge is 0.386 e. The van der Waals surface area contributed by atoms with Crippen molar-refractivity contribution in [3.05, 3.63) is 12.7 Å². The minimum Gasteiger partial charge on any atom is -0.386 e. The van der Waals surface area contributed by atoms with Gasteiger partial charge in [0, 0.05) is 0 Å². The first-order valence-corrected chi connectivity index (χ1v) is 3.84. The Kier molecular flexibility index (Phi) is 3.66. The first-order chi connectivity index (χ1) is 4.48. The van der Waals surface area contributed by atoms with E-state index in [9.17, 15) is 5.11 Å². The van der Waals surface area contributed by atoms with Crippen molar-refractivity contribution in [3.63, 3.8) is 0 Å². The molecule has 0 heterocycles. The predicted molar refractivity (Wildman–Crippen MR) is 44.9 cm³/mol. The highest BCUT2D eigenvalue weighted by atomic mass is 16.3. The average Bonchev–Trinajstić information content (AvgIpc) is 1.85. The van der Waals surface area contributed by atoms with Crippen LogP contribution in [0.5, 0.6) is 0 Å². The smallest absolute Gasteiger partial charge is 0.0797 e. The third-order valence-corrected chi connectivity index (χ3v) is 1.67. The van der Waals surface area contributed by atoms with E-state index in [1.807, 2.05) is 0 Å². The van der Waals surface area contributed by atoms with Crippen molar-refractivity contribution >= 4 is 0 Å². The lowest BCUT2D eigenvalue weighted by molar-refractivity contribution is 0.0955. The van der Waals surface area contributed by atoms with E-state index < -0.39 is 5.60 Å². The van der Waals surface area contributed by atoms with Gasteiger partial charge in [-0.25, -0.2) is 0 Å². The second-order valence-corrected chi connectivity index (χ2v) is 3.49. The van der Waals surface area contributed by atoms with E-state index in [1.165, 1.54) is 0 Å². The summed E-state index contributed by atoms with van der Waals surface area (Å²) in [4.78, 5) is 0. The Balaban J connectivity index is 3.56. The molecule has 1 atom stereocenters. The topological polar surface area (TPSA) is 20.2 Å². The molecule has 0 aromatic heterocycles. The van der Waals surface area contributed by atoms with E-state index in [2.05, 4.69) is 20.4 Å². The normalized spacial score (nSPS) is 16.9. The van der Waals surface area contributed by atoms with Gasteiger partial charge in [-0.2, -0.15) is 0 Å². The Morgan fingerprint density at radius 2 is 2.10 bits per heavy atom. The molecule has 60 valence electrons. The van der Waals surface area contributed by atoms with E-state index in [4.69, 9.17) is 0 Å². The predicted octanol–water partition coefficient (Wildman–Crippen LogP) is 2.36. The lowest BCUT2D eigenvalue weighted by Gasteiger charge is -2.18. The molecule has 0 spiro atoms. The van der Waals surface area contributed by atoms with Gasteiger partial charge in [-0.05, 0) is 25.7 Å². The van der Waals surface area contributed by atoms with Gasteiger partial charge in [0.25, 0.3) is 0 Å². The SMILES string of the molecule is C=CC(C)(O)CCC(C)C. The van der Waals surface area contributed by atoms with Gasteiger partial charge in [0.15, 0.2) is 0 Å². The second-order valence-electron chi connectivity index (χ2n) is 3.49. The third kappa shape index (κ3) is 4.57. The maximum Gasteiger partial charge on any atom is 0.0797 e. The molecule has 0 aliphatic carbocycles. The van der Waals surface area contributed by atoms with Crippen LogP contribution in [0.2, 0.25) is 0 Å². The van der Waals surface area contributed by atoms with Gasteiger partial charge in [0.05, 0.1) is 5.60 Å². The quantitative estimate of drug-likeness (QED) is 0.597. The van der Waals surface area contributed by atoms with Crippen LogP contribution in [0.1, 0.15) is 33.6 Å². The fourth-order valence-electron chi connectivity index (χ4n) is 0.683. The standard InChI is InChI=1S/C9H18O/c1-5-9(4,10)7-6-8(2)3/h5,8,10H,1,6-7H2,2-4H3. The first kappa shape index (κ1) is 9.70. The molecule has 10 heavy (non-hydrogen) atoms. The maximum absolute atomic E-state index is 9.45. The molecule has 0 rings (SSSR count). The van der Waals surface area contributed by atoms with Gasteiger partial charge < -0.3 is 5.11 Å². The summed E-state index contributed by atoms with van der Waals surface area (Å²) >= 11 is 0. The highest BCUT2D eigenvalue weighted by Crippen LogP contribution is 2.16. The van der Waals surface area contributed by atoms with Crippen LogP contribution in [-0.2, 0) is 0 Å². The minimum absolute atomic E-state index is 0.659. The van der Waals surface area contributed by atoms with Gasteiger partial charge in [0.1, 0.15) is 0 Å². The molecule has 1 N–H and O–H groups in total. The number of hydrogen-bond donors (Lipinski definition) is 1. The molecule has 1 unspecified atom stereocenters. The lowest BCUT2D eigenvalue weighted by Crippen LogP contribution is -2.20. The van der Waals surface area contributed by atoms with E-state index in [1.54, 1.807) is 13.0 Å². The molecule has 1 nitrogen and oxygen atoms in total. The van der Waals surface area contributed by atoms with Crippen LogP contribution < -0.4 is 0 Å². The highest BCUT2D eigenvalue weighted by Gasteiger charge is 2.14. The Labute approximate surface area is 63.8 Å². The molecule has 0 aliphatic rings. The molecular weight excluding hydrogens is 124 g/mol. The Hall–Kier alpha value is -0.300. The summed E-state index contributed by atoms with van der Waals surface area (Å²) in [7, 11) is 0. The summed E-state index contributed by atoms with van der Waals surface area (Å²) < 4.78 is 0. The van der Waals surface area contributed by atoms with Crippen LogP contribution >= 0.6 is 0 Å². The van der Waals surface area contributed by atoms with Crippen LogP contribution in [0.4, 0.5) is 0 Å². The van der Waals surface area contributed by atoms with Crippen molar-refractivity contribution in [2.24, 2.45) is 5.92 Å². The summed E-state index contributed by atoms with van der Waals surface area (Å²) in [6.45, 7) is 9.66. The van der Waals surface area contributed by atoms with Gasteiger partial charge >= 0.3 is 0 Å². The minimum atomic E-state index is -0.662. The molecule has 1 heteroatoms. The van der Waals surface area contributed by atoms with Crippen LogP contribution in [0.25, 0.3) is 0 Å². The molecule has 0 bridgehead atoms. The summed E-state index contributed by atoms with van der Waals surface area (Å²) in [6, 6.07) is 0. The summed E-state index contributed by atoms with van der Waals surface area (Å²) in [5.41, 5.74) is -0.662. The van der Waals surface area contributed by atoms with Crippen LogP contribution in [0, 0.1) is 5.92 Å². The molecular formula is C9H18O. The number of rotatable bonds is 4. The van der Waals surface area contributed by atoms with Crippen molar-refractivity contribution in [1.29, 1.82) is 0 Å². The summed E-state index contributed by atoms with van der Waals surface area (Å²) in [6.07, 6.45) is 3.47. The van der Waals surface area contributed by atoms with Gasteiger partial charge in [-0.3, -0.25) is 0 Å². The fraction of sp³-hybridized carbons (Fsp3) is 0.778. The average molecular weight is 142 g/mol. The van der Waals surface area contributed by atoms with E-state index in [0.717, 1.165) is 12.8 Å². The molecule has 0 aromatic carbocycles. The fourth-order valence-corrected chi connectivity index (χ4v) is 0.683. The molecule has 0 saturated heterocycles. The van der Waals surface area contributed by atoms with Crippen LogP contribution in [0.3, 0.4) is 0 Å². The molecule has 0 aliphatic heterocycles.